The first kappa shape index (κ1) is 17.8. The van der Waals surface area contributed by atoms with Crippen LogP contribution in [0.4, 0.5) is 0 Å². The molecule has 2 nitrogen and oxygen atoms in total. The molecule has 97 valence electrons. The Morgan fingerprint density at radius 1 is 1.21 bits per heavy atom. The summed E-state index contributed by atoms with van der Waals surface area (Å²) < 4.78 is 4.14. The van der Waals surface area contributed by atoms with E-state index in [1.807, 2.05) is 25.1 Å². The van der Waals surface area contributed by atoms with Crippen LogP contribution in [0.1, 0.15) is 6.92 Å². The number of hydrogen-bond acceptors (Lipinski definition) is 1. The molecule has 1 aromatic carbocycles. The Morgan fingerprint density at radius 2 is 1.89 bits per heavy atom. The summed E-state index contributed by atoms with van der Waals surface area (Å²) in [5, 5.41) is 0. The fourth-order valence-electron chi connectivity index (χ4n) is 1.71. The minimum atomic E-state index is -0.0407. The summed E-state index contributed by atoms with van der Waals surface area (Å²) in [7, 11) is 0. The van der Waals surface area contributed by atoms with Gasteiger partial charge in [0.2, 0.25) is 5.56 Å². The molecule has 1 heterocycles. The maximum absolute atomic E-state index is 12.0. The summed E-state index contributed by atoms with van der Waals surface area (Å²) in [6, 6.07) is 10.7. The SMILES string of the molecule is CCn1c(-c2ccc(Br)cc2Br)[c-]cc(Br)c1=O.[Y]. The van der Waals surface area contributed by atoms with Crippen molar-refractivity contribution >= 4 is 47.8 Å². The van der Waals surface area contributed by atoms with E-state index in [1.54, 1.807) is 10.6 Å². The summed E-state index contributed by atoms with van der Waals surface area (Å²) in [6.45, 7) is 2.55. The van der Waals surface area contributed by atoms with Crippen molar-refractivity contribution in [2.45, 2.75) is 13.5 Å². The Kier molecular flexibility index (Phi) is 7.15. The second-order valence-electron chi connectivity index (χ2n) is 3.66. The minimum absolute atomic E-state index is 0. The van der Waals surface area contributed by atoms with Gasteiger partial charge in [-0.3, -0.25) is 4.79 Å². The van der Waals surface area contributed by atoms with Crippen molar-refractivity contribution in [1.82, 2.24) is 4.57 Å². The molecular weight excluding hydrogens is 515 g/mol. The number of pyridine rings is 1. The van der Waals surface area contributed by atoms with E-state index in [-0.39, 0.29) is 38.3 Å². The molecule has 0 aliphatic rings. The zero-order valence-electron chi connectivity index (χ0n) is 10.1. The van der Waals surface area contributed by atoms with Gasteiger partial charge in [0, 0.05) is 43.7 Å². The van der Waals surface area contributed by atoms with Crippen molar-refractivity contribution in [3.05, 3.63) is 54.1 Å². The van der Waals surface area contributed by atoms with Gasteiger partial charge in [0.1, 0.15) is 0 Å². The van der Waals surface area contributed by atoms with Gasteiger partial charge < -0.3 is 4.57 Å². The van der Waals surface area contributed by atoms with Crippen LogP contribution >= 0.6 is 47.8 Å². The smallest absolute Gasteiger partial charge is 0.208 e. The summed E-state index contributed by atoms with van der Waals surface area (Å²) >= 11 is 10.2. The second-order valence-corrected chi connectivity index (χ2v) is 6.28. The van der Waals surface area contributed by atoms with E-state index >= 15 is 0 Å². The molecule has 0 aliphatic heterocycles. The Balaban J connectivity index is 0.00000180. The first-order chi connectivity index (χ1) is 8.54. The van der Waals surface area contributed by atoms with Crippen LogP contribution < -0.4 is 5.56 Å². The molecule has 6 heteroatoms. The molecule has 0 aliphatic carbocycles. The van der Waals surface area contributed by atoms with E-state index in [1.165, 1.54) is 0 Å². The zero-order chi connectivity index (χ0) is 13.3. The van der Waals surface area contributed by atoms with E-state index in [2.05, 4.69) is 53.9 Å². The Labute approximate surface area is 162 Å². The molecule has 0 atom stereocenters. The summed E-state index contributed by atoms with van der Waals surface area (Å²) in [5.74, 6) is 0. The topological polar surface area (TPSA) is 22.0 Å². The van der Waals surface area contributed by atoms with Gasteiger partial charge in [-0.1, -0.05) is 49.2 Å². The normalized spacial score (nSPS) is 10.1. The summed E-state index contributed by atoms with van der Waals surface area (Å²) in [6.07, 6.45) is 0. The Bertz CT molecular complexity index is 655. The molecule has 0 saturated carbocycles. The quantitative estimate of drug-likeness (QED) is 0.527. The largest absolute Gasteiger partial charge is 0.342 e. The maximum atomic E-state index is 12.0. The third-order valence-corrected chi connectivity index (χ3v) is 4.27. The fraction of sp³-hybridized carbons (Fsp3) is 0.154. The molecule has 0 spiro atoms. The Morgan fingerprint density at radius 3 is 2.47 bits per heavy atom. The molecule has 0 unspecified atom stereocenters. The van der Waals surface area contributed by atoms with Crippen LogP contribution in [0.3, 0.4) is 0 Å². The van der Waals surface area contributed by atoms with Crippen molar-refractivity contribution in [1.29, 1.82) is 0 Å². The molecule has 0 amide bonds. The number of benzene rings is 1. The molecular formula is C13H9Br3NOY-. The number of halogens is 3. The van der Waals surface area contributed by atoms with Crippen LogP contribution in [0.15, 0.2) is 42.5 Å². The predicted octanol–water partition coefficient (Wildman–Crippen LogP) is 4.62. The van der Waals surface area contributed by atoms with Crippen molar-refractivity contribution in [2.24, 2.45) is 0 Å². The number of hydrogen-bond donors (Lipinski definition) is 0. The molecule has 0 bridgehead atoms. The molecule has 0 saturated heterocycles. The zero-order valence-corrected chi connectivity index (χ0v) is 17.7. The van der Waals surface area contributed by atoms with Gasteiger partial charge in [0.25, 0.3) is 0 Å². The molecule has 2 aromatic rings. The maximum Gasteiger partial charge on any atom is 0.208 e. The van der Waals surface area contributed by atoms with Gasteiger partial charge in [0.05, 0.1) is 0 Å². The Hall–Kier alpha value is 0.714. The third-order valence-electron chi connectivity index (χ3n) is 2.56. The van der Waals surface area contributed by atoms with Crippen molar-refractivity contribution in [3.63, 3.8) is 0 Å². The molecule has 2 rings (SSSR count). The average molecular weight is 524 g/mol. The summed E-state index contributed by atoms with van der Waals surface area (Å²) in [4.78, 5) is 12.0. The average Bonchev–Trinajstić information content (AvgIpc) is 2.33. The molecule has 0 N–H and O–H groups in total. The van der Waals surface area contributed by atoms with Crippen LogP contribution in [0.5, 0.6) is 0 Å². The van der Waals surface area contributed by atoms with E-state index in [0.29, 0.717) is 11.0 Å². The molecule has 19 heavy (non-hydrogen) atoms. The van der Waals surface area contributed by atoms with Crippen LogP contribution in [-0.4, -0.2) is 4.57 Å². The molecule has 1 aromatic heterocycles. The van der Waals surface area contributed by atoms with Gasteiger partial charge in [-0.2, -0.15) is 12.1 Å². The molecule has 1 radical (unpaired) electrons. The standard InChI is InChI=1S/C13H9Br3NO.Y/c1-2-17-12(6-5-10(15)13(17)18)9-4-3-8(14)7-11(9)16;/h3-5,7H,2H2,1H3;/q-1;. The number of aromatic nitrogens is 1. The van der Waals surface area contributed by atoms with Gasteiger partial charge >= 0.3 is 0 Å². The van der Waals surface area contributed by atoms with Crippen LogP contribution in [-0.2, 0) is 39.3 Å². The van der Waals surface area contributed by atoms with Gasteiger partial charge in [-0.05, 0) is 21.9 Å². The van der Waals surface area contributed by atoms with E-state index < -0.39 is 0 Å². The van der Waals surface area contributed by atoms with Crippen LogP contribution in [0.25, 0.3) is 11.3 Å². The minimum Gasteiger partial charge on any atom is -0.342 e. The van der Waals surface area contributed by atoms with Crippen LogP contribution in [0.2, 0.25) is 0 Å². The first-order valence-corrected chi connectivity index (χ1v) is 7.69. The summed E-state index contributed by atoms with van der Waals surface area (Å²) in [5.41, 5.74) is 1.69. The first-order valence-electron chi connectivity index (χ1n) is 5.31. The van der Waals surface area contributed by atoms with Crippen molar-refractivity contribution < 1.29 is 32.7 Å². The van der Waals surface area contributed by atoms with E-state index in [9.17, 15) is 4.79 Å². The van der Waals surface area contributed by atoms with E-state index in [0.717, 1.165) is 20.2 Å². The monoisotopic (exact) mass is 521 g/mol. The van der Waals surface area contributed by atoms with Crippen molar-refractivity contribution in [2.75, 3.05) is 0 Å². The van der Waals surface area contributed by atoms with Gasteiger partial charge in [-0.15, -0.1) is 22.0 Å². The predicted molar refractivity (Wildman–Crippen MR) is 83.7 cm³/mol. The van der Waals surface area contributed by atoms with Crippen LogP contribution in [0, 0.1) is 6.07 Å². The fourth-order valence-corrected chi connectivity index (χ4v) is 3.27. The second kappa shape index (κ2) is 7.65. The van der Waals surface area contributed by atoms with E-state index in [4.69, 9.17) is 0 Å². The molecule has 0 fully saturated rings. The third kappa shape index (κ3) is 3.88. The number of rotatable bonds is 2. The number of nitrogens with zero attached hydrogens (tertiary/aromatic N) is 1. The van der Waals surface area contributed by atoms with Gasteiger partial charge in [-0.25, -0.2) is 0 Å². The van der Waals surface area contributed by atoms with Crippen molar-refractivity contribution in [3.8, 4) is 11.3 Å². The van der Waals surface area contributed by atoms with Gasteiger partial charge in [0.15, 0.2) is 0 Å².